The Morgan fingerprint density at radius 1 is 0.656 bits per heavy atom. The zero-order chi connectivity index (χ0) is 44.8. The van der Waals surface area contributed by atoms with Gasteiger partial charge in [-0.3, -0.25) is 19.9 Å². The van der Waals surface area contributed by atoms with E-state index in [2.05, 4.69) is 20.8 Å². The minimum atomic E-state index is -5.23. The monoisotopic (exact) mass is 886 g/mol. The fourth-order valence-electron chi connectivity index (χ4n) is 7.94. The van der Waals surface area contributed by atoms with Gasteiger partial charge in [-0.15, -0.1) is 0 Å². The molecular weight excluding hydrogens is 803 g/mol. The van der Waals surface area contributed by atoms with Crippen LogP contribution in [0.1, 0.15) is 211 Å². The number of hydrogen-bond acceptors (Lipinski definition) is 12. The van der Waals surface area contributed by atoms with Crippen molar-refractivity contribution >= 4 is 22.2 Å². The first-order valence-electron chi connectivity index (χ1n) is 24.0. The van der Waals surface area contributed by atoms with Gasteiger partial charge in [0.15, 0.2) is 17.3 Å². The van der Waals surface area contributed by atoms with Gasteiger partial charge in [0.2, 0.25) is 5.91 Å². The highest BCUT2D eigenvalue weighted by atomic mass is 32.3. The molecule has 13 nitrogen and oxygen atoms in total. The summed E-state index contributed by atoms with van der Waals surface area (Å²) in [5.41, 5.74) is 6.18. The number of nitrogens with two attached hydrogens (primary N) is 1. The first kappa shape index (κ1) is 54.8. The third-order valence-electron chi connectivity index (χ3n) is 11.5. The Kier molecular flexibility index (Phi) is 29.1. The Balaban J connectivity index is 2.24. The maximum absolute atomic E-state index is 14.4. The molecule has 2 rings (SSSR count). The van der Waals surface area contributed by atoms with E-state index in [0.29, 0.717) is 31.1 Å². The van der Waals surface area contributed by atoms with Crippen LogP contribution in [0.15, 0.2) is 18.2 Å². The average Bonchev–Trinajstić information content (AvgIpc) is 3.22. The van der Waals surface area contributed by atoms with E-state index in [1.54, 1.807) is 6.07 Å². The van der Waals surface area contributed by atoms with Crippen LogP contribution in [0.2, 0.25) is 0 Å². The van der Waals surface area contributed by atoms with E-state index in [9.17, 15) is 32.8 Å². The summed E-state index contributed by atoms with van der Waals surface area (Å²) in [6.45, 7) is 6.47. The Hall–Kier alpha value is -2.33. The fraction of sp³-hybridized carbons (Fsp3) is 0.830. The van der Waals surface area contributed by atoms with Crippen molar-refractivity contribution in [3.63, 3.8) is 0 Å². The topological polar surface area (TPSA) is 201 Å². The van der Waals surface area contributed by atoms with E-state index < -0.39 is 58.9 Å². The van der Waals surface area contributed by atoms with Crippen molar-refractivity contribution in [1.29, 1.82) is 0 Å². The van der Waals surface area contributed by atoms with Gasteiger partial charge < -0.3 is 29.2 Å². The summed E-state index contributed by atoms with van der Waals surface area (Å²) >= 11 is 0. The van der Waals surface area contributed by atoms with Crippen molar-refractivity contribution in [3.8, 4) is 11.5 Å². The molecule has 1 aromatic rings. The van der Waals surface area contributed by atoms with Crippen LogP contribution in [-0.4, -0.2) is 79.0 Å². The minimum absolute atomic E-state index is 0.0118. The zero-order valence-electron chi connectivity index (χ0n) is 38.0. The van der Waals surface area contributed by atoms with Crippen molar-refractivity contribution in [3.05, 3.63) is 23.8 Å². The summed E-state index contributed by atoms with van der Waals surface area (Å²) in [4.78, 5) is 27.8. The number of unbranched alkanes of at least 4 members (excludes halogenated alkanes) is 24. The zero-order valence-corrected chi connectivity index (χ0v) is 38.8. The number of benzene rings is 1. The van der Waals surface area contributed by atoms with Gasteiger partial charge in [-0.25, -0.2) is 4.18 Å². The number of hydrogen-bond donors (Lipinski definition) is 4. The van der Waals surface area contributed by atoms with Gasteiger partial charge in [-0.2, -0.15) is 8.42 Å². The van der Waals surface area contributed by atoms with E-state index in [0.717, 1.165) is 70.6 Å². The summed E-state index contributed by atoms with van der Waals surface area (Å²) in [5.74, 6) is -5.72. The van der Waals surface area contributed by atoms with E-state index >= 15 is 0 Å². The number of aliphatic hydroxyl groups excluding tert-OH is 1. The molecule has 1 aliphatic heterocycles. The molecule has 1 aromatic carbocycles. The lowest BCUT2D eigenvalue weighted by molar-refractivity contribution is -0.319. The summed E-state index contributed by atoms with van der Waals surface area (Å²) in [7, 11) is -5.23. The van der Waals surface area contributed by atoms with Crippen LogP contribution in [0.25, 0.3) is 0 Å². The molecule has 0 aromatic heterocycles. The molecule has 61 heavy (non-hydrogen) atoms. The van der Waals surface area contributed by atoms with Gasteiger partial charge >= 0.3 is 16.4 Å². The first-order valence-corrected chi connectivity index (χ1v) is 25.3. The molecule has 0 radical (unpaired) electrons. The Morgan fingerprint density at radius 2 is 1.08 bits per heavy atom. The SMILES string of the molecule is CCCCCCCCCCCCCC(=O)O[C@H]1[C@H](OS(=O)(=O)O)[C@@H](CO)OC(N)(O)[C@@H]1C(=O)c1ccc(OCCCCCCCCCC)c(OCCCCCCCCCC)c1. The summed E-state index contributed by atoms with van der Waals surface area (Å²) in [6, 6.07) is 4.52. The van der Waals surface area contributed by atoms with Crippen LogP contribution in [0.4, 0.5) is 0 Å². The van der Waals surface area contributed by atoms with Gasteiger partial charge in [-0.1, -0.05) is 175 Å². The lowest BCUT2D eigenvalue weighted by Crippen LogP contribution is -2.69. The molecule has 0 amide bonds. The lowest BCUT2D eigenvalue weighted by atomic mass is 9.82. The number of rotatable bonds is 38. The molecule has 1 fully saturated rings. The molecule has 0 saturated carbocycles. The minimum Gasteiger partial charge on any atom is -0.490 e. The smallest absolute Gasteiger partial charge is 0.397 e. The van der Waals surface area contributed by atoms with E-state index in [4.69, 9.17) is 28.9 Å². The Morgan fingerprint density at radius 3 is 1.52 bits per heavy atom. The normalized spacial score (nSPS) is 20.4. The number of esters is 1. The highest BCUT2D eigenvalue weighted by Gasteiger charge is 2.59. The van der Waals surface area contributed by atoms with Crippen LogP contribution >= 0.6 is 0 Å². The Labute approximate surface area is 368 Å². The molecule has 5 atom stereocenters. The molecule has 0 aliphatic carbocycles. The molecule has 1 aliphatic rings. The van der Waals surface area contributed by atoms with Gasteiger partial charge in [0.05, 0.1) is 19.8 Å². The Bertz CT molecular complexity index is 1420. The van der Waals surface area contributed by atoms with Crippen LogP contribution < -0.4 is 15.2 Å². The second-order valence-corrected chi connectivity index (χ2v) is 18.0. The molecule has 354 valence electrons. The van der Waals surface area contributed by atoms with Crippen LogP contribution in [0, 0.1) is 5.92 Å². The third-order valence-corrected chi connectivity index (χ3v) is 12.0. The highest BCUT2D eigenvalue weighted by molar-refractivity contribution is 7.80. The third kappa shape index (κ3) is 23.3. The number of ether oxygens (including phenoxy) is 4. The number of aliphatic hydroxyl groups is 2. The second kappa shape index (κ2) is 32.3. The molecule has 0 spiro atoms. The highest BCUT2D eigenvalue weighted by Crippen LogP contribution is 2.38. The molecule has 0 bridgehead atoms. The fourth-order valence-corrected chi connectivity index (χ4v) is 8.46. The molecule has 1 saturated heterocycles. The summed E-state index contributed by atoms with van der Waals surface area (Å²) < 4.78 is 62.2. The van der Waals surface area contributed by atoms with Crippen molar-refractivity contribution in [2.24, 2.45) is 11.7 Å². The summed E-state index contributed by atoms with van der Waals surface area (Å²) in [6.07, 6.45) is 24.2. The van der Waals surface area contributed by atoms with Crippen molar-refractivity contribution in [2.45, 2.75) is 225 Å². The predicted octanol–water partition coefficient (Wildman–Crippen LogP) is 10.3. The van der Waals surface area contributed by atoms with Crippen LogP contribution in [-0.2, 0) is 28.9 Å². The van der Waals surface area contributed by atoms with Crippen molar-refractivity contribution in [1.82, 2.24) is 0 Å². The average molecular weight is 886 g/mol. The maximum atomic E-state index is 14.4. The van der Waals surface area contributed by atoms with Gasteiger partial charge in [0, 0.05) is 12.0 Å². The molecular formula is C47H83NO12S. The van der Waals surface area contributed by atoms with Gasteiger partial charge in [-0.05, 0) is 37.5 Å². The van der Waals surface area contributed by atoms with Crippen molar-refractivity contribution < 1.29 is 55.9 Å². The van der Waals surface area contributed by atoms with Crippen LogP contribution in [0.5, 0.6) is 11.5 Å². The maximum Gasteiger partial charge on any atom is 0.397 e. The van der Waals surface area contributed by atoms with Crippen LogP contribution in [0.3, 0.4) is 0 Å². The predicted molar refractivity (Wildman–Crippen MR) is 239 cm³/mol. The molecule has 5 N–H and O–H groups in total. The molecule has 1 unspecified atom stereocenters. The lowest BCUT2D eigenvalue weighted by Gasteiger charge is -2.46. The van der Waals surface area contributed by atoms with Gasteiger partial charge in [0.1, 0.15) is 24.2 Å². The first-order chi connectivity index (χ1) is 29.4. The van der Waals surface area contributed by atoms with E-state index in [1.807, 2.05) is 0 Å². The quantitative estimate of drug-likeness (QED) is 0.0161. The number of ketones is 1. The number of carbonyl (C=O) groups is 2. The number of carbonyl (C=O) groups excluding carboxylic acids is 2. The molecule has 1 heterocycles. The number of Topliss-reactive ketones (excluding diaryl/α,β-unsaturated/α-hetero) is 1. The van der Waals surface area contributed by atoms with Gasteiger partial charge in [0.25, 0.3) is 0 Å². The molecule has 14 heteroatoms. The van der Waals surface area contributed by atoms with E-state index in [-0.39, 0.29) is 12.0 Å². The standard InChI is InChI=1S/C47H83NO12S/c1-4-7-10-13-16-19-20-21-22-25-28-31-42(50)58-46-43(47(48,52)59-41(37-49)45(46)60-61(53,54)55)44(51)38-32-33-39(56-34-29-26-23-17-14-11-8-5-2)40(36-38)57-35-30-27-24-18-15-12-9-6-3/h32-33,36,41,43,45-46,49,52H,4-31,34-35,37,48H2,1-3H3,(H,53,54,55)/t41-,43-,45-,46-,47?/m1/s1. The van der Waals surface area contributed by atoms with Crippen molar-refractivity contribution in [2.75, 3.05) is 19.8 Å². The summed E-state index contributed by atoms with van der Waals surface area (Å²) in [5, 5.41) is 21.5. The van der Waals surface area contributed by atoms with E-state index in [1.165, 1.54) is 108 Å². The largest absolute Gasteiger partial charge is 0.490 e. The second-order valence-electron chi connectivity index (χ2n) is 17.0.